The zero-order valence-corrected chi connectivity index (χ0v) is 19.9. The van der Waals surface area contributed by atoms with Crippen LogP contribution in [0, 0.1) is 11.1 Å². The van der Waals surface area contributed by atoms with E-state index in [1.54, 1.807) is 40.3 Å². The number of hydrogen-bond donors (Lipinski definition) is 0. The van der Waals surface area contributed by atoms with Gasteiger partial charge in [0.1, 0.15) is 5.71 Å². The van der Waals surface area contributed by atoms with Gasteiger partial charge in [-0.05, 0) is 48.7 Å². The molecule has 1 saturated heterocycles. The van der Waals surface area contributed by atoms with Crippen LogP contribution in [0.3, 0.4) is 0 Å². The van der Waals surface area contributed by atoms with Crippen LogP contribution in [-0.4, -0.2) is 34.9 Å². The smallest absolute Gasteiger partial charge is 0.274 e. The second kappa shape index (κ2) is 9.98. The predicted octanol–water partition coefficient (Wildman–Crippen LogP) is 6.32. The molecule has 0 aromatic heterocycles. The van der Waals surface area contributed by atoms with Crippen molar-refractivity contribution in [3.63, 3.8) is 0 Å². The lowest BCUT2D eigenvalue weighted by Gasteiger charge is -2.39. The highest BCUT2D eigenvalue weighted by atomic mass is 35.5. The van der Waals surface area contributed by atoms with Crippen LogP contribution in [0.15, 0.2) is 47.6 Å². The minimum atomic E-state index is -0.633. The largest absolute Gasteiger partial charge is 0.741 e. The first-order valence-corrected chi connectivity index (χ1v) is 11.8. The van der Waals surface area contributed by atoms with Crippen molar-refractivity contribution in [1.82, 2.24) is 10.2 Å². The van der Waals surface area contributed by atoms with Crippen molar-refractivity contribution in [2.45, 2.75) is 38.6 Å². The monoisotopic (exact) mass is 493 g/mol. The van der Waals surface area contributed by atoms with Crippen molar-refractivity contribution in [3.8, 4) is 0 Å². The second-order valence-corrected chi connectivity index (χ2v) is 9.44. The number of hydrazine groups is 1. The van der Waals surface area contributed by atoms with E-state index in [1.807, 2.05) is 19.1 Å². The molecule has 2 atom stereocenters. The molecule has 2 aliphatic heterocycles. The van der Waals surface area contributed by atoms with Crippen molar-refractivity contribution in [2.75, 3.05) is 18.1 Å². The molecule has 0 spiro atoms. The number of hydroxylamine groups is 1. The van der Waals surface area contributed by atoms with Crippen molar-refractivity contribution in [2.24, 2.45) is 11.0 Å². The van der Waals surface area contributed by atoms with E-state index in [-0.39, 0.29) is 17.7 Å². The average molecular weight is 495 g/mol. The van der Waals surface area contributed by atoms with Crippen LogP contribution < -0.4 is 5.01 Å². The van der Waals surface area contributed by atoms with E-state index >= 15 is 0 Å². The Morgan fingerprint density at radius 1 is 1.00 bits per heavy atom. The number of halogens is 3. The lowest BCUT2D eigenvalue weighted by Crippen LogP contribution is -2.47. The van der Waals surface area contributed by atoms with Crippen molar-refractivity contribution in [1.29, 1.82) is 0 Å². The van der Waals surface area contributed by atoms with Gasteiger partial charge >= 0.3 is 0 Å². The van der Waals surface area contributed by atoms with Gasteiger partial charge in [-0.3, -0.25) is 9.80 Å². The van der Waals surface area contributed by atoms with E-state index in [0.29, 0.717) is 39.0 Å². The summed E-state index contributed by atoms with van der Waals surface area (Å²) in [6, 6.07) is 12.2. The summed E-state index contributed by atoms with van der Waals surface area (Å²) in [5, 5.41) is 22.9. The van der Waals surface area contributed by atoms with Crippen LogP contribution in [0.1, 0.15) is 44.2 Å². The van der Waals surface area contributed by atoms with Gasteiger partial charge in [0.05, 0.1) is 16.8 Å². The molecule has 2 aromatic rings. The molecule has 0 unspecified atom stereocenters. The molecule has 170 valence electrons. The summed E-state index contributed by atoms with van der Waals surface area (Å²) in [5.74, 6) is -0.982. The Kier molecular flexibility index (Phi) is 7.27. The van der Waals surface area contributed by atoms with Crippen LogP contribution >= 0.6 is 34.8 Å². The van der Waals surface area contributed by atoms with Gasteiger partial charge in [-0.1, -0.05) is 66.7 Å². The van der Waals surface area contributed by atoms with Gasteiger partial charge in [0, 0.05) is 29.1 Å². The van der Waals surface area contributed by atoms with Crippen LogP contribution in [0.25, 0.3) is 0 Å². The van der Waals surface area contributed by atoms with E-state index in [2.05, 4.69) is 5.10 Å². The Bertz CT molecular complexity index is 1010. The molecule has 0 radical (unpaired) electrons. The molecule has 2 heterocycles. The van der Waals surface area contributed by atoms with E-state index in [9.17, 15) is 10.0 Å². The number of hydrogen-bond acceptors (Lipinski definition) is 5. The number of anilines is 1. The Morgan fingerprint density at radius 2 is 1.62 bits per heavy atom. The molecule has 1 fully saturated rings. The summed E-state index contributed by atoms with van der Waals surface area (Å²) in [5.41, 5.74) is 1.72. The average Bonchev–Trinajstić information content (AvgIpc) is 2.94. The van der Waals surface area contributed by atoms with Crippen molar-refractivity contribution in [3.05, 3.63) is 68.3 Å². The van der Waals surface area contributed by atoms with E-state index in [1.165, 1.54) is 0 Å². The third kappa shape index (κ3) is 4.75. The van der Waals surface area contributed by atoms with Gasteiger partial charge < -0.3 is 10.4 Å². The Morgan fingerprint density at radius 3 is 2.25 bits per heavy atom. The molecule has 0 aliphatic carbocycles. The maximum Gasteiger partial charge on any atom is 0.274 e. The molecule has 0 bridgehead atoms. The zero-order chi connectivity index (χ0) is 22.8. The Balaban J connectivity index is 1.70. The fourth-order valence-electron chi connectivity index (χ4n) is 4.29. The van der Waals surface area contributed by atoms with Crippen LogP contribution in [0.5, 0.6) is 0 Å². The van der Waals surface area contributed by atoms with E-state index in [0.717, 1.165) is 31.2 Å². The summed E-state index contributed by atoms with van der Waals surface area (Å²) in [6.07, 6.45) is 3.93. The van der Waals surface area contributed by atoms with Crippen molar-refractivity contribution < 1.29 is 4.79 Å². The quantitative estimate of drug-likeness (QED) is 0.467. The Hall–Kier alpha value is -1.83. The van der Waals surface area contributed by atoms with Crippen LogP contribution in [-0.2, 0) is 4.79 Å². The lowest BCUT2D eigenvalue weighted by atomic mass is 9.91. The number of carbonyl (C=O) groups excluding carboxylic acids is 1. The van der Waals surface area contributed by atoms with Crippen LogP contribution in [0.4, 0.5) is 5.69 Å². The number of benzene rings is 2. The van der Waals surface area contributed by atoms with E-state index < -0.39 is 5.91 Å². The highest BCUT2D eigenvalue weighted by Crippen LogP contribution is 2.42. The number of amides is 1. The topological polar surface area (TPSA) is 62.2 Å². The Labute approximate surface area is 202 Å². The molecule has 32 heavy (non-hydrogen) atoms. The molecular formula is C23H24Cl3N4O2-. The first-order valence-electron chi connectivity index (χ1n) is 10.7. The first-order chi connectivity index (χ1) is 15.4. The summed E-state index contributed by atoms with van der Waals surface area (Å²) < 4.78 is 0. The highest BCUT2D eigenvalue weighted by Gasteiger charge is 2.41. The number of rotatable bonds is 4. The zero-order valence-electron chi connectivity index (χ0n) is 17.7. The minimum Gasteiger partial charge on any atom is -0.741 e. The summed E-state index contributed by atoms with van der Waals surface area (Å²) in [6.45, 7) is 3.05. The molecule has 6 nitrogen and oxygen atoms in total. The summed E-state index contributed by atoms with van der Waals surface area (Å²) >= 11 is 18.7. The molecule has 2 aromatic carbocycles. The minimum absolute atomic E-state index is 0.204. The number of nitrogens with zero attached hydrogens (tertiary/aromatic N) is 4. The van der Waals surface area contributed by atoms with Gasteiger partial charge in [-0.25, -0.2) is 5.01 Å². The molecular weight excluding hydrogens is 471 g/mol. The predicted molar refractivity (Wildman–Crippen MR) is 130 cm³/mol. The van der Waals surface area contributed by atoms with Crippen molar-refractivity contribution >= 4 is 52.1 Å². The third-order valence-corrected chi connectivity index (χ3v) is 6.77. The maximum atomic E-state index is 13.3. The third-order valence-electron chi connectivity index (χ3n) is 5.98. The van der Waals surface area contributed by atoms with Gasteiger partial charge in [-0.2, -0.15) is 5.10 Å². The standard InChI is InChI=1S/C23H24Cl3N4O2/c1-15-21(23(31)30(32)28-12-4-2-3-5-13-28)27-29(20-11-10-18(25)14-19(20)26)22(15)16-6-8-17(24)9-7-16/h6-11,14-15,22H,2-5,12-13H2,1H3/q-1/t15-,22+/m0/s1. The maximum absolute atomic E-state index is 13.3. The summed E-state index contributed by atoms with van der Waals surface area (Å²) in [7, 11) is 0. The summed E-state index contributed by atoms with van der Waals surface area (Å²) in [4.78, 5) is 13.3. The van der Waals surface area contributed by atoms with E-state index in [4.69, 9.17) is 34.8 Å². The van der Waals surface area contributed by atoms with Gasteiger partial charge in [-0.15, -0.1) is 0 Å². The first kappa shape index (κ1) is 23.3. The second-order valence-electron chi connectivity index (χ2n) is 8.16. The lowest BCUT2D eigenvalue weighted by molar-refractivity contribution is -0.135. The molecule has 2 aliphatic rings. The molecule has 4 rings (SSSR count). The van der Waals surface area contributed by atoms with Gasteiger partial charge in [0.15, 0.2) is 0 Å². The number of hydrazone groups is 1. The number of carbonyl (C=O) groups is 1. The fourth-order valence-corrected chi connectivity index (χ4v) is 4.91. The fraction of sp³-hybridized carbons (Fsp3) is 0.391. The SMILES string of the molecule is C[C@H]1C(C(=O)N([O-])N2CCCCCC2)=NN(c2ccc(Cl)cc2Cl)[C@H]1c1ccc(Cl)cc1. The highest BCUT2D eigenvalue weighted by molar-refractivity contribution is 6.41. The van der Waals surface area contributed by atoms with Crippen LogP contribution in [0.2, 0.25) is 15.1 Å². The molecule has 9 heteroatoms. The van der Waals surface area contributed by atoms with Gasteiger partial charge in [0.25, 0.3) is 5.91 Å². The molecule has 1 amide bonds. The normalized spacial score (nSPS) is 21.9. The molecule has 0 saturated carbocycles. The molecule has 0 N–H and O–H groups in total. The van der Waals surface area contributed by atoms with Gasteiger partial charge in [0.2, 0.25) is 0 Å².